The molecule has 208 valence electrons. The van der Waals surface area contributed by atoms with Crippen LogP contribution in [0.25, 0.3) is 0 Å². The molecule has 3 heterocycles. The third-order valence-corrected chi connectivity index (χ3v) is 8.30. The van der Waals surface area contributed by atoms with E-state index in [1.807, 2.05) is 52.1 Å². The predicted octanol–water partition coefficient (Wildman–Crippen LogP) is 4.74. The van der Waals surface area contributed by atoms with Crippen molar-refractivity contribution in [1.82, 2.24) is 15.1 Å². The molecule has 2 aromatic carbocycles. The molecule has 3 aliphatic rings. The number of fused-ring (bicyclic) bond motifs is 1. The molecule has 0 aliphatic carbocycles. The molecule has 3 aliphatic heterocycles. The zero-order valence-corrected chi connectivity index (χ0v) is 23.2. The van der Waals surface area contributed by atoms with Crippen molar-refractivity contribution in [2.75, 3.05) is 33.3 Å². The van der Waals surface area contributed by atoms with Gasteiger partial charge in [-0.1, -0.05) is 51.1 Å². The fraction of sp³-hybridized carbons (Fsp3) is 0.484. The minimum absolute atomic E-state index is 0.168. The second kappa shape index (κ2) is 10.5. The number of nitrogens with zero attached hydrogens (tertiary/aromatic N) is 2. The molecule has 0 saturated carbocycles. The van der Waals surface area contributed by atoms with E-state index in [4.69, 9.17) is 4.74 Å². The molecular formula is C31H37F2N3O3. The number of likely N-dealkylation sites (N-methyl/N-ethyl adjacent to an activating group) is 1. The summed E-state index contributed by atoms with van der Waals surface area (Å²) in [6, 6.07) is 11.1. The lowest BCUT2D eigenvalue weighted by Crippen LogP contribution is -2.46. The first-order valence-electron chi connectivity index (χ1n) is 13.6. The van der Waals surface area contributed by atoms with E-state index >= 15 is 0 Å². The van der Waals surface area contributed by atoms with Crippen LogP contribution in [0.4, 0.5) is 8.78 Å². The van der Waals surface area contributed by atoms with Crippen LogP contribution in [0.5, 0.6) is 0 Å². The number of nitrogens with one attached hydrogen (secondary N) is 1. The number of likely N-dealkylation sites (tertiary alicyclic amines) is 1. The highest BCUT2D eigenvalue weighted by Crippen LogP contribution is 2.44. The Labute approximate surface area is 229 Å². The highest BCUT2D eigenvalue weighted by molar-refractivity contribution is 5.82. The van der Waals surface area contributed by atoms with Crippen molar-refractivity contribution in [3.8, 4) is 0 Å². The number of hydrogen-bond donors (Lipinski definition) is 1. The van der Waals surface area contributed by atoms with Crippen LogP contribution < -0.4 is 5.32 Å². The van der Waals surface area contributed by atoms with Gasteiger partial charge in [-0.15, -0.1) is 0 Å². The molecular weight excluding hydrogens is 500 g/mol. The SMILES string of the molecule is CN1CC2=C(CC1=O)C1(CCN(Cc3ccc(C(NC(=O)C(C)(C)C)c4ccc(F)c(F)c4)cc3)CC1)OC2. The van der Waals surface area contributed by atoms with Gasteiger partial charge in [0.15, 0.2) is 11.6 Å². The maximum absolute atomic E-state index is 14.1. The van der Waals surface area contributed by atoms with Crippen LogP contribution in [-0.2, 0) is 20.9 Å². The summed E-state index contributed by atoms with van der Waals surface area (Å²) >= 11 is 0. The number of ether oxygens (including phenoxy) is 1. The van der Waals surface area contributed by atoms with Gasteiger partial charge in [-0.2, -0.15) is 0 Å². The van der Waals surface area contributed by atoms with E-state index in [1.54, 1.807) is 4.90 Å². The lowest BCUT2D eigenvalue weighted by Gasteiger charge is -2.41. The molecule has 1 N–H and O–H groups in total. The van der Waals surface area contributed by atoms with Crippen LogP contribution in [0.2, 0.25) is 0 Å². The number of hydrogen-bond acceptors (Lipinski definition) is 4. The third-order valence-electron chi connectivity index (χ3n) is 8.30. The van der Waals surface area contributed by atoms with Gasteiger partial charge >= 0.3 is 0 Å². The van der Waals surface area contributed by atoms with E-state index in [9.17, 15) is 18.4 Å². The van der Waals surface area contributed by atoms with E-state index < -0.39 is 23.1 Å². The molecule has 1 spiro atoms. The molecule has 1 atom stereocenters. The molecule has 1 saturated heterocycles. The van der Waals surface area contributed by atoms with Crippen LogP contribution >= 0.6 is 0 Å². The Balaban J connectivity index is 1.27. The summed E-state index contributed by atoms with van der Waals surface area (Å²) < 4.78 is 34.0. The van der Waals surface area contributed by atoms with Gasteiger partial charge in [-0.25, -0.2) is 8.78 Å². The van der Waals surface area contributed by atoms with Crippen molar-refractivity contribution in [1.29, 1.82) is 0 Å². The molecule has 0 radical (unpaired) electrons. The van der Waals surface area contributed by atoms with E-state index in [1.165, 1.54) is 17.2 Å². The van der Waals surface area contributed by atoms with Crippen molar-refractivity contribution in [2.24, 2.45) is 5.41 Å². The number of amides is 2. The largest absolute Gasteiger partial charge is 0.366 e. The summed E-state index contributed by atoms with van der Waals surface area (Å²) in [5.41, 5.74) is 3.97. The van der Waals surface area contributed by atoms with Gasteiger partial charge in [0.2, 0.25) is 11.8 Å². The van der Waals surface area contributed by atoms with E-state index in [2.05, 4.69) is 10.2 Å². The average molecular weight is 538 g/mol. The fourth-order valence-electron chi connectivity index (χ4n) is 5.80. The Morgan fingerprint density at radius 3 is 2.36 bits per heavy atom. The number of benzene rings is 2. The summed E-state index contributed by atoms with van der Waals surface area (Å²) in [7, 11) is 1.85. The summed E-state index contributed by atoms with van der Waals surface area (Å²) in [5.74, 6) is -1.87. The minimum atomic E-state index is -0.944. The van der Waals surface area contributed by atoms with Gasteiger partial charge in [0, 0.05) is 38.6 Å². The molecule has 0 aromatic heterocycles. The van der Waals surface area contributed by atoms with Crippen LogP contribution in [0, 0.1) is 17.0 Å². The molecule has 1 fully saturated rings. The molecule has 2 amide bonds. The van der Waals surface area contributed by atoms with E-state index in [0.29, 0.717) is 25.1 Å². The predicted molar refractivity (Wildman–Crippen MR) is 145 cm³/mol. The van der Waals surface area contributed by atoms with Crippen LogP contribution in [0.1, 0.15) is 62.8 Å². The molecule has 0 bridgehead atoms. The topological polar surface area (TPSA) is 61.9 Å². The van der Waals surface area contributed by atoms with Gasteiger partial charge in [0.25, 0.3) is 0 Å². The fourth-order valence-corrected chi connectivity index (χ4v) is 5.80. The Hall–Kier alpha value is -3.10. The van der Waals surface area contributed by atoms with Crippen LogP contribution in [0.3, 0.4) is 0 Å². The highest BCUT2D eigenvalue weighted by atomic mass is 19.2. The molecule has 6 nitrogen and oxygen atoms in total. The number of piperidine rings is 1. The first-order chi connectivity index (χ1) is 18.4. The van der Waals surface area contributed by atoms with Gasteiger partial charge < -0.3 is 15.0 Å². The monoisotopic (exact) mass is 537 g/mol. The molecule has 39 heavy (non-hydrogen) atoms. The lowest BCUT2D eigenvalue weighted by molar-refractivity contribution is -0.130. The van der Waals surface area contributed by atoms with Crippen molar-refractivity contribution in [3.63, 3.8) is 0 Å². The van der Waals surface area contributed by atoms with Gasteiger partial charge in [-0.3, -0.25) is 14.5 Å². The van der Waals surface area contributed by atoms with Crippen molar-refractivity contribution in [2.45, 2.75) is 58.2 Å². The summed E-state index contributed by atoms with van der Waals surface area (Å²) in [5, 5.41) is 3.01. The Kier molecular flexibility index (Phi) is 7.37. The minimum Gasteiger partial charge on any atom is -0.366 e. The highest BCUT2D eigenvalue weighted by Gasteiger charge is 2.46. The number of carbonyl (C=O) groups is 2. The summed E-state index contributed by atoms with van der Waals surface area (Å²) in [4.78, 5) is 29.3. The second-order valence-corrected chi connectivity index (χ2v) is 12.1. The van der Waals surface area contributed by atoms with Gasteiger partial charge in [0.05, 0.1) is 24.7 Å². The second-order valence-electron chi connectivity index (χ2n) is 12.1. The summed E-state index contributed by atoms with van der Waals surface area (Å²) in [6.07, 6.45) is 2.22. The molecule has 5 rings (SSSR count). The molecule has 2 aromatic rings. The first-order valence-corrected chi connectivity index (χ1v) is 13.6. The number of rotatable bonds is 5. The average Bonchev–Trinajstić information content (AvgIpc) is 3.22. The quantitative estimate of drug-likeness (QED) is 0.560. The zero-order valence-electron chi connectivity index (χ0n) is 23.2. The van der Waals surface area contributed by atoms with E-state index in [-0.39, 0.29) is 17.4 Å². The lowest BCUT2D eigenvalue weighted by atomic mass is 9.80. The molecule has 1 unspecified atom stereocenters. The maximum Gasteiger partial charge on any atom is 0.226 e. The molecule has 8 heteroatoms. The Morgan fingerprint density at radius 2 is 1.72 bits per heavy atom. The Bertz CT molecular complexity index is 1290. The normalized spacial score (nSPS) is 20.4. The summed E-state index contributed by atoms with van der Waals surface area (Å²) in [6.45, 7) is 9.27. The Morgan fingerprint density at radius 1 is 1.05 bits per heavy atom. The number of carbonyl (C=O) groups excluding carboxylic acids is 2. The zero-order chi connectivity index (χ0) is 27.9. The third kappa shape index (κ3) is 5.63. The number of halogens is 2. The van der Waals surface area contributed by atoms with Crippen LogP contribution in [-0.4, -0.2) is 60.5 Å². The van der Waals surface area contributed by atoms with Crippen molar-refractivity contribution in [3.05, 3.63) is 81.9 Å². The smallest absolute Gasteiger partial charge is 0.226 e. The van der Waals surface area contributed by atoms with Gasteiger partial charge in [-0.05, 0) is 52.8 Å². The van der Waals surface area contributed by atoms with E-state index in [0.717, 1.165) is 55.7 Å². The maximum atomic E-state index is 14.1. The van der Waals surface area contributed by atoms with Crippen molar-refractivity contribution >= 4 is 11.8 Å². The van der Waals surface area contributed by atoms with Crippen LogP contribution in [0.15, 0.2) is 53.6 Å². The van der Waals surface area contributed by atoms with Gasteiger partial charge in [0.1, 0.15) is 0 Å². The first kappa shape index (κ1) is 27.5. The van der Waals surface area contributed by atoms with Crippen molar-refractivity contribution < 1.29 is 23.1 Å². The standard InChI is InChI=1S/C31H37F2N3O3/c1-30(2,3)29(38)34-28(22-9-10-25(32)26(33)15-22)21-7-5-20(6-8-21)17-36-13-11-31(12-14-36)24-16-27(37)35(4)18-23(24)19-39-31/h5-10,15,28H,11-14,16-19H2,1-4H3,(H,34,38).